The van der Waals surface area contributed by atoms with Gasteiger partial charge in [0, 0.05) is 6.61 Å². The lowest BCUT2D eigenvalue weighted by Crippen LogP contribution is -2.22. The molecule has 1 aliphatic heterocycles. The summed E-state index contributed by atoms with van der Waals surface area (Å²) >= 11 is 3.55. The molecule has 0 spiro atoms. The molecule has 0 amide bonds. The van der Waals surface area contributed by atoms with Gasteiger partial charge in [0.1, 0.15) is 0 Å². The summed E-state index contributed by atoms with van der Waals surface area (Å²) in [5, 5.41) is 0. The van der Waals surface area contributed by atoms with Gasteiger partial charge >= 0.3 is 0 Å². The molecule has 0 aliphatic carbocycles. The van der Waals surface area contributed by atoms with Crippen molar-refractivity contribution < 1.29 is 9.47 Å². The van der Waals surface area contributed by atoms with Crippen LogP contribution in [0.4, 0.5) is 0 Å². The first-order valence-electron chi connectivity index (χ1n) is 5.68. The molecule has 1 aliphatic rings. The first-order chi connectivity index (χ1) is 6.84. The first-order valence-corrected chi connectivity index (χ1v) is 6.59. The highest BCUT2D eigenvalue weighted by Gasteiger charge is 2.25. The van der Waals surface area contributed by atoms with Crippen LogP contribution in [0.15, 0.2) is 0 Å². The van der Waals surface area contributed by atoms with Crippen LogP contribution in [0.3, 0.4) is 0 Å². The van der Waals surface area contributed by atoms with E-state index in [1.54, 1.807) is 0 Å². The summed E-state index contributed by atoms with van der Waals surface area (Å²) in [4.78, 5) is 0.401. The summed E-state index contributed by atoms with van der Waals surface area (Å²) in [7, 11) is 0. The predicted molar refractivity (Wildman–Crippen MR) is 62.0 cm³/mol. The third-order valence-corrected chi connectivity index (χ3v) is 3.40. The Morgan fingerprint density at radius 2 is 2.00 bits per heavy atom. The summed E-state index contributed by atoms with van der Waals surface area (Å²) in [6.07, 6.45) is 6.78. The highest BCUT2D eigenvalue weighted by atomic mass is 79.9. The van der Waals surface area contributed by atoms with Crippen molar-refractivity contribution in [3.8, 4) is 0 Å². The number of unbranched alkanes of at least 4 members (excludes halogenated alkanes) is 4. The zero-order valence-corrected chi connectivity index (χ0v) is 10.6. The predicted octanol–water partition coefficient (Wildman–Crippen LogP) is 3.14. The number of hydrogen-bond donors (Lipinski definition) is 0. The van der Waals surface area contributed by atoms with Crippen LogP contribution in [0, 0.1) is 0 Å². The largest absolute Gasteiger partial charge is 0.377 e. The molecule has 0 N–H and O–H groups in total. The third kappa shape index (κ3) is 4.76. The zero-order chi connectivity index (χ0) is 10.2. The van der Waals surface area contributed by atoms with Gasteiger partial charge in [-0.15, -0.1) is 0 Å². The van der Waals surface area contributed by atoms with Crippen molar-refractivity contribution in [2.24, 2.45) is 0 Å². The van der Waals surface area contributed by atoms with Gasteiger partial charge in [-0.25, -0.2) is 0 Å². The molecule has 84 valence electrons. The van der Waals surface area contributed by atoms with Gasteiger partial charge in [-0.1, -0.05) is 48.5 Å². The van der Waals surface area contributed by atoms with E-state index in [1.165, 1.54) is 32.1 Å². The van der Waals surface area contributed by atoms with Crippen LogP contribution >= 0.6 is 15.9 Å². The Morgan fingerprint density at radius 3 is 2.64 bits per heavy atom. The second-order valence-corrected chi connectivity index (χ2v) is 5.05. The van der Waals surface area contributed by atoms with Crippen molar-refractivity contribution in [3.05, 3.63) is 0 Å². The van der Waals surface area contributed by atoms with Crippen molar-refractivity contribution in [2.75, 3.05) is 19.8 Å². The summed E-state index contributed by atoms with van der Waals surface area (Å²) in [5.41, 5.74) is 0. The monoisotopic (exact) mass is 264 g/mol. The molecule has 3 heteroatoms. The van der Waals surface area contributed by atoms with Crippen molar-refractivity contribution in [2.45, 2.75) is 50.0 Å². The molecule has 0 aromatic carbocycles. The van der Waals surface area contributed by atoms with Gasteiger partial charge in [0.25, 0.3) is 0 Å². The average Bonchev–Trinajstić information content (AvgIpc) is 2.58. The molecule has 0 bridgehead atoms. The molecule has 1 fully saturated rings. The van der Waals surface area contributed by atoms with Crippen LogP contribution < -0.4 is 0 Å². The fraction of sp³-hybridized carbons (Fsp3) is 1.00. The van der Waals surface area contributed by atoms with Gasteiger partial charge in [-0.05, 0) is 6.42 Å². The standard InChI is InChI=1S/C11H21BrO2/c1-2-3-4-5-6-7-14-11-9-13-8-10(11)12/h10-11H,2-9H2,1H3. The highest BCUT2D eigenvalue weighted by molar-refractivity contribution is 9.09. The maximum absolute atomic E-state index is 5.72. The van der Waals surface area contributed by atoms with Gasteiger partial charge in [-0.2, -0.15) is 0 Å². The molecule has 0 saturated carbocycles. The first kappa shape index (κ1) is 12.5. The second kappa shape index (κ2) is 7.66. The van der Waals surface area contributed by atoms with Crippen molar-refractivity contribution in [1.29, 1.82) is 0 Å². The molecule has 1 heterocycles. The van der Waals surface area contributed by atoms with Gasteiger partial charge in [0.2, 0.25) is 0 Å². The number of rotatable bonds is 7. The van der Waals surface area contributed by atoms with Crippen molar-refractivity contribution in [3.63, 3.8) is 0 Å². The maximum Gasteiger partial charge on any atom is 0.0955 e. The Hall–Kier alpha value is 0.400. The fourth-order valence-corrected chi connectivity index (χ4v) is 2.09. The summed E-state index contributed by atoms with van der Waals surface area (Å²) in [6, 6.07) is 0. The van der Waals surface area contributed by atoms with E-state index in [9.17, 15) is 0 Å². The Morgan fingerprint density at radius 1 is 1.21 bits per heavy atom. The quantitative estimate of drug-likeness (QED) is 0.520. The Kier molecular flexibility index (Phi) is 6.82. The summed E-state index contributed by atoms with van der Waals surface area (Å²) in [6.45, 7) is 4.67. The molecule has 2 unspecified atom stereocenters. The lowest BCUT2D eigenvalue weighted by molar-refractivity contribution is 0.0426. The van der Waals surface area contributed by atoms with E-state index in [2.05, 4.69) is 22.9 Å². The molecule has 2 nitrogen and oxygen atoms in total. The topological polar surface area (TPSA) is 18.5 Å². The van der Waals surface area contributed by atoms with Crippen LogP contribution in [0.25, 0.3) is 0 Å². The molecule has 0 aromatic rings. The normalized spacial score (nSPS) is 27.0. The van der Waals surface area contributed by atoms with E-state index < -0.39 is 0 Å². The molecule has 2 atom stereocenters. The van der Waals surface area contributed by atoms with Crippen LogP contribution in [0.1, 0.15) is 39.0 Å². The van der Waals surface area contributed by atoms with E-state index >= 15 is 0 Å². The minimum absolute atomic E-state index is 0.279. The molecule has 1 saturated heterocycles. The molecule has 0 radical (unpaired) electrons. The molecule has 1 rings (SSSR count). The number of hydrogen-bond acceptors (Lipinski definition) is 2. The van der Waals surface area contributed by atoms with Gasteiger partial charge < -0.3 is 9.47 Å². The second-order valence-electron chi connectivity index (χ2n) is 3.88. The summed E-state index contributed by atoms with van der Waals surface area (Å²) < 4.78 is 11.0. The van der Waals surface area contributed by atoms with Gasteiger partial charge in [0.15, 0.2) is 0 Å². The number of alkyl halides is 1. The third-order valence-electron chi connectivity index (χ3n) is 2.54. The fourth-order valence-electron chi connectivity index (χ4n) is 1.60. The molecule has 14 heavy (non-hydrogen) atoms. The molecular weight excluding hydrogens is 244 g/mol. The van der Waals surface area contributed by atoms with Gasteiger partial charge in [-0.3, -0.25) is 0 Å². The Bertz CT molecular complexity index is 141. The van der Waals surface area contributed by atoms with E-state index in [-0.39, 0.29) is 6.10 Å². The van der Waals surface area contributed by atoms with Crippen LogP contribution in [0.2, 0.25) is 0 Å². The SMILES string of the molecule is CCCCCCCOC1COCC1Br. The smallest absolute Gasteiger partial charge is 0.0955 e. The van der Waals surface area contributed by atoms with Crippen molar-refractivity contribution in [1.82, 2.24) is 0 Å². The van der Waals surface area contributed by atoms with E-state index in [1.807, 2.05) is 0 Å². The van der Waals surface area contributed by atoms with Crippen LogP contribution in [-0.4, -0.2) is 30.8 Å². The Balaban J connectivity index is 1.88. The van der Waals surface area contributed by atoms with Crippen LogP contribution in [-0.2, 0) is 9.47 Å². The number of ether oxygens (including phenoxy) is 2. The van der Waals surface area contributed by atoms with Gasteiger partial charge in [0.05, 0.1) is 24.1 Å². The van der Waals surface area contributed by atoms with E-state index in [0.29, 0.717) is 4.83 Å². The lowest BCUT2D eigenvalue weighted by atomic mass is 10.2. The summed E-state index contributed by atoms with van der Waals surface area (Å²) in [5.74, 6) is 0. The highest BCUT2D eigenvalue weighted by Crippen LogP contribution is 2.17. The molecular formula is C11H21BrO2. The minimum atomic E-state index is 0.279. The lowest BCUT2D eigenvalue weighted by Gasteiger charge is -2.12. The van der Waals surface area contributed by atoms with E-state index in [0.717, 1.165) is 19.8 Å². The van der Waals surface area contributed by atoms with Crippen molar-refractivity contribution >= 4 is 15.9 Å². The minimum Gasteiger partial charge on any atom is -0.377 e. The zero-order valence-electron chi connectivity index (χ0n) is 9.01. The van der Waals surface area contributed by atoms with E-state index in [4.69, 9.17) is 9.47 Å². The Labute approximate surface area is 95.5 Å². The molecule has 0 aromatic heterocycles. The van der Waals surface area contributed by atoms with Crippen LogP contribution in [0.5, 0.6) is 0 Å². The maximum atomic E-state index is 5.72. The number of halogens is 1. The average molecular weight is 265 g/mol.